The second-order valence-corrected chi connectivity index (χ2v) is 5.11. The summed E-state index contributed by atoms with van der Waals surface area (Å²) < 4.78 is 6.81. The number of thiophene rings is 1. The van der Waals surface area contributed by atoms with Crippen LogP contribution in [0, 0.1) is 0 Å². The first-order valence-electron chi connectivity index (χ1n) is 6.12. The Kier molecular flexibility index (Phi) is 4.54. The lowest BCUT2D eigenvalue weighted by Crippen LogP contribution is -2.13. The number of benzene rings is 1. The van der Waals surface area contributed by atoms with Crippen LogP contribution >= 0.6 is 11.3 Å². The van der Waals surface area contributed by atoms with E-state index in [0.29, 0.717) is 0 Å². The van der Waals surface area contributed by atoms with E-state index < -0.39 is 0 Å². The topological polar surface area (TPSA) is 35.2 Å². The minimum Gasteiger partial charge on any atom is -0.381 e. The van der Waals surface area contributed by atoms with Gasteiger partial charge in [-0.1, -0.05) is 25.1 Å². The molecule has 3 heteroatoms. The van der Waals surface area contributed by atoms with Crippen LogP contribution < -0.4 is 5.73 Å². The largest absolute Gasteiger partial charge is 0.381 e. The minimum absolute atomic E-state index is 0.0780. The summed E-state index contributed by atoms with van der Waals surface area (Å²) in [6.45, 7) is 3.69. The van der Waals surface area contributed by atoms with Crippen molar-refractivity contribution in [3.8, 4) is 0 Å². The van der Waals surface area contributed by atoms with Crippen molar-refractivity contribution >= 4 is 21.4 Å². The van der Waals surface area contributed by atoms with Crippen molar-refractivity contribution in [3.05, 3.63) is 35.2 Å². The highest BCUT2D eigenvalue weighted by molar-refractivity contribution is 7.17. The molecule has 2 rings (SSSR count). The maximum Gasteiger partial charge on any atom is 0.0484 e. The lowest BCUT2D eigenvalue weighted by atomic mass is 10.0. The summed E-state index contributed by atoms with van der Waals surface area (Å²) in [6.07, 6.45) is 1.95. The van der Waals surface area contributed by atoms with Gasteiger partial charge >= 0.3 is 0 Å². The molecule has 0 aliphatic rings. The summed E-state index contributed by atoms with van der Waals surface area (Å²) in [4.78, 5) is 0. The van der Waals surface area contributed by atoms with Gasteiger partial charge in [-0.25, -0.2) is 0 Å². The predicted octanol–water partition coefficient (Wildman–Crippen LogP) is 3.72. The molecule has 0 amide bonds. The molecule has 2 aromatic rings. The monoisotopic (exact) mass is 249 g/mol. The van der Waals surface area contributed by atoms with E-state index in [1.165, 1.54) is 15.6 Å². The Morgan fingerprint density at radius 1 is 1.29 bits per heavy atom. The highest BCUT2D eigenvalue weighted by Crippen LogP contribution is 2.29. The zero-order chi connectivity index (χ0) is 12.1. The molecule has 1 aromatic carbocycles. The summed E-state index contributed by atoms with van der Waals surface area (Å²) >= 11 is 1.77. The smallest absolute Gasteiger partial charge is 0.0484 e. The molecule has 0 aliphatic carbocycles. The molecule has 0 saturated carbocycles. The standard InChI is InChI=1S/C14H19NOS/c1-2-8-16-9-6-13(15)12-5-3-4-11-7-10-17-14(11)12/h3-5,7,10,13H,2,6,8-9,15H2,1H3. The first kappa shape index (κ1) is 12.6. The number of hydrogen-bond acceptors (Lipinski definition) is 3. The molecule has 1 unspecified atom stereocenters. The third-order valence-corrected chi connectivity index (χ3v) is 3.81. The Hall–Kier alpha value is -0.900. The number of fused-ring (bicyclic) bond motifs is 1. The van der Waals surface area contributed by atoms with E-state index in [1.54, 1.807) is 11.3 Å². The summed E-state index contributed by atoms with van der Waals surface area (Å²) in [5.41, 5.74) is 7.48. The van der Waals surface area contributed by atoms with Crippen molar-refractivity contribution in [2.45, 2.75) is 25.8 Å². The lowest BCUT2D eigenvalue weighted by Gasteiger charge is -2.13. The van der Waals surface area contributed by atoms with Gasteiger partial charge < -0.3 is 10.5 Å². The Morgan fingerprint density at radius 2 is 2.18 bits per heavy atom. The molecule has 17 heavy (non-hydrogen) atoms. The average Bonchev–Trinajstić information content (AvgIpc) is 2.82. The Labute approximate surface area is 106 Å². The lowest BCUT2D eigenvalue weighted by molar-refractivity contribution is 0.128. The molecule has 0 saturated heterocycles. The first-order valence-corrected chi connectivity index (χ1v) is 7.00. The summed E-state index contributed by atoms with van der Waals surface area (Å²) in [6, 6.07) is 8.56. The minimum atomic E-state index is 0.0780. The van der Waals surface area contributed by atoms with Gasteiger partial charge in [0, 0.05) is 24.0 Å². The molecule has 1 atom stereocenters. The molecule has 0 aliphatic heterocycles. The molecular formula is C14H19NOS. The van der Waals surface area contributed by atoms with Gasteiger partial charge in [-0.05, 0) is 35.2 Å². The van der Waals surface area contributed by atoms with Crippen molar-refractivity contribution in [3.63, 3.8) is 0 Å². The molecular weight excluding hydrogens is 230 g/mol. The van der Waals surface area contributed by atoms with Gasteiger partial charge in [0.15, 0.2) is 0 Å². The molecule has 0 spiro atoms. The third kappa shape index (κ3) is 3.06. The van der Waals surface area contributed by atoms with E-state index in [9.17, 15) is 0 Å². The van der Waals surface area contributed by atoms with Crippen molar-refractivity contribution in [2.75, 3.05) is 13.2 Å². The SMILES string of the molecule is CCCOCCC(N)c1cccc2ccsc12. The van der Waals surface area contributed by atoms with E-state index in [-0.39, 0.29) is 6.04 Å². The molecule has 2 N–H and O–H groups in total. The fourth-order valence-corrected chi connectivity index (χ4v) is 2.90. The van der Waals surface area contributed by atoms with Crippen LogP contribution in [0.25, 0.3) is 10.1 Å². The molecule has 0 radical (unpaired) electrons. The molecule has 1 heterocycles. The maximum atomic E-state index is 6.23. The zero-order valence-electron chi connectivity index (χ0n) is 10.2. The van der Waals surface area contributed by atoms with Crippen LogP contribution in [0.1, 0.15) is 31.4 Å². The fraction of sp³-hybridized carbons (Fsp3) is 0.429. The van der Waals surface area contributed by atoms with Gasteiger partial charge in [0.2, 0.25) is 0 Å². The van der Waals surface area contributed by atoms with Gasteiger partial charge in [-0.2, -0.15) is 0 Å². The van der Waals surface area contributed by atoms with Crippen LogP contribution in [0.15, 0.2) is 29.6 Å². The van der Waals surface area contributed by atoms with E-state index in [0.717, 1.165) is 26.1 Å². The van der Waals surface area contributed by atoms with Crippen molar-refractivity contribution in [1.29, 1.82) is 0 Å². The first-order chi connectivity index (χ1) is 8.33. The van der Waals surface area contributed by atoms with Crippen LogP contribution in [0.5, 0.6) is 0 Å². The third-order valence-electron chi connectivity index (χ3n) is 2.83. The number of rotatable bonds is 6. The Bertz CT molecular complexity index is 466. The van der Waals surface area contributed by atoms with Gasteiger partial charge in [0.1, 0.15) is 0 Å². The van der Waals surface area contributed by atoms with Crippen LogP contribution in [0.3, 0.4) is 0 Å². The number of hydrogen-bond donors (Lipinski definition) is 1. The number of nitrogens with two attached hydrogens (primary N) is 1. The summed E-state index contributed by atoms with van der Waals surface area (Å²) in [7, 11) is 0. The quantitative estimate of drug-likeness (QED) is 0.792. The normalized spacial score (nSPS) is 13.1. The second-order valence-electron chi connectivity index (χ2n) is 4.19. The van der Waals surface area contributed by atoms with E-state index in [2.05, 4.69) is 36.6 Å². The van der Waals surface area contributed by atoms with Gasteiger partial charge in [-0.3, -0.25) is 0 Å². The average molecular weight is 249 g/mol. The van der Waals surface area contributed by atoms with Crippen LogP contribution in [-0.4, -0.2) is 13.2 Å². The molecule has 0 bridgehead atoms. The van der Waals surface area contributed by atoms with Gasteiger partial charge in [-0.15, -0.1) is 11.3 Å². The van der Waals surface area contributed by atoms with Crippen LogP contribution in [0.2, 0.25) is 0 Å². The summed E-state index contributed by atoms with van der Waals surface area (Å²) in [5.74, 6) is 0. The predicted molar refractivity (Wildman–Crippen MR) is 74.5 cm³/mol. The van der Waals surface area contributed by atoms with E-state index >= 15 is 0 Å². The van der Waals surface area contributed by atoms with Crippen molar-refractivity contribution < 1.29 is 4.74 Å². The molecule has 0 fully saturated rings. The van der Waals surface area contributed by atoms with Crippen molar-refractivity contribution in [1.82, 2.24) is 0 Å². The Balaban J connectivity index is 2.03. The van der Waals surface area contributed by atoms with Gasteiger partial charge in [0.25, 0.3) is 0 Å². The highest BCUT2D eigenvalue weighted by Gasteiger charge is 2.10. The zero-order valence-corrected chi connectivity index (χ0v) is 11.0. The van der Waals surface area contributed by atoms with Gasteiger partial charge in [0.05, 0.1) is 0 Å². The highest BCUT2D eigenvalue weighted by atomic mass is 32.1. The second kappa shape index (κ2) is 6.15. The van der Waals surface area contributed by atoms with Crippen molar-refractivity contribution in [2.24, 2.45) is 5.73 Å². The van der Waals surface area contributed by atoms with E-state index in [4.69, 9.17) is 10.5 Å². The fourth-order valence-electron chi connectivity index (χ4n) is 1.92. The maximum absolute atomic E-state index is 6.23. The summed E-state index contributed by atoms with van der Waals surface area (Å²) in [5, 5.41) is 3.41. The molecule has 92 valence electrons. The van der Waals surface area contributed by atoms with E-state index in [1.807, 2.05) is 0 Å². The molecule has 2 nitrogen and oxygen atoms in total. The number of ether oxygens (including phenoxy) is 1. The Morgan fingerprint density at radius 3 is 3.00 bits per heavy atom. The van der Waals surface area contributed by atoms with Crippen LogP contribution in [-0.2, 0) is 4.74 Å². The van der Waals surface area contributed by atoms with Crippen LogP contribution in [0.4, 0.5) is 0 Å². The molecule has 1 aromatic heterocycles.